The Hall–Kier alpha value is -2.24. The molecule has 0 aliphatic rings. The first-order chi connectivity index (χ1) is 11.5. The summed E-state index contributed by atoms with van der Waals surface area (Å²) in [6, 6.07) is 11.7. The van der Waals surface area contributed by atoms with Crippen LogP contribution < -0.4 is 15.4 Å². The summed E-state index contributed by atoms with van der Waals surface area (Å²) in [7, 11) is 0. The lowest BCUT2D eigenvalue weighted by Gasteiger charge is -2.11. The fraction of sp³-hybridized carbons (Fsp3) is 0.176. The van der Waals surface area contributed by atoms with Crippen molar-refractivity contribution in [1.29, 1.82) is 0 Å². The Labute approximate surface area is 149 Å². The molecule has 0 bridgehead atoms. The summed E-state index contributed by atoms with van der Waals surface area (Å²) in [6.45, 7) is 2.32. The van der Waals surface area contributed by atoms with Crippen molar-refractivity contribution in [2.45, 2.75) is 13.3 Å². The van der Waals surface area contributed by atoms with Gasteiger partial charge in [0.15, 0.2) is 0 Å². The van der Waals surface area contributed by atoms with Gasteiger partial charge in [-0.05, 0) is 37.3 Å². The topological polar surface area (TPSA) is 67.4 Å². The normalized spacial score (nSPS) is 10.1. The van der Waals surface area contributed by atoms with Crippen LogP contribution in [0.4, 0.5) is 11.4 Å². The molecule has 2 aromatic rings. The van der Waals surface area contributed by atoms with Crippen LogP contribution in [-0.4, -0.2) is 18.4 Å². The number of benzene rings is 2. The highest BCUT2D eigenvalue weighted by molar-refractivity contribution is 6.35. The first-order valence-corrected chi connectivity index (χ1v) is 8.01. The van der Waals surface area contributed by atoms with Crippen LogP contribution in [0.3, 0.4) is 0 Å². The van der Waals surface area contributed by atoms with Crippen LogP contribution in [0.2, 0.25) is 10.0 Å². The molecule has 0 aliphatic carbocycles. The van der Waals surface area contributed by atoms with Gasteiger partial charge in [-0.15, -0.1) is 0 Å². The zero-order valence-electron chi connectivity index (χ0n) is 12.9. The number of ether oxygens (including phenoxy) is 1. The largest absolute Gasteiger partial charge is 0.492 e. The lowest BCUT2D eigenvalue weighted by atomic mass is 10.2. The van der Waals surface area contributed by atoms with Gasteiger partial charge in [0, 0.05) is 5.02 Å². The van der Waals surface area contributed by atoms with E-state index in [1.807, 2.05) is 6.92 Å². The molecule has 0 atom stereocenters. The number of hydrogen-bond donors (Lipinski definition) is 2. The number of amides is 2. The van der Waals surface area contributed by atoms with E-state index >= 15 is 0 Å². The van der Waals surface area contributed by atoms with Crippen molar-refractivity contribution in [3.05, 3.63) is 52.5 Å². The number of carbonyl (C=O) groups excluding carboxylic acids is 2. The van der Waals surface area contributed by atoms with Crippen molar-refractivity contribution in [1.82, 2.24) is 0 Å². The van der Waals surface area contributed by atoms with E-state index in [0.717, 1.165) is 0 Å². The number of hydrogen-bond acceptors (Lipinski definition) is 3. The summed E-state index contributed by atoms with van der Waals surface area (Å²) in [5.41, 5.74) is 0.870. The number of halogens is 2. The molecule has 2 rings (SSSR count). The Bertz CT molecular complexity index is 750. The first-order valence-electron chi connectivity index (χ1n) is 7.26. The molecule has 0 aliphatic heterocycles. The molecule has 0 saturated heterocycles. The second-order valence-corrected chi connectivity index (χ2v) is 5.67. The molecule has 0 heterocycles. The van der Waals surface area contributed by atoms with E-state index in [4.69, 9.17) is 27.9 Å². The summed E-state index contributed by atoms with van der Waals surface area (Å²) in [4.78, 5) is 24.0. The van der Waals surface area contributed by atoms with Crippen LogP contribution in [0.1, 0.15) is 13.3 Å². The molecule has 2 N–H and O–H groups in total. The Balaban J connectivity index is 1.97. The fourth-order valence-electron chi connectivity index (χ4n) is 1.98. The molecular weight excluding hydrogens is 351 g/mol. The number of nitrogens with one attached hydrogen (secondary N) is 2. The zero-order chi connectivity index (χ0) is 17.5. The van der Waals surface area contributed by atoms with Crippen molar-refractivity contribution >= 4 is 46.4 Å². The highest BCUT2D eigenvalue weighted by atomic mass is 35.5. The fourth-order valence-corrected chi connectivity index (χ4v) is 2.32. The summed E-state index contributed by atoms with van der Waals surface area (Å²) in [6.07, 6.45) is -0.358. The molecule has 126 valence electrons. The van der Waals surface area contributed by atoms with Crippen LogP contribution >= 0.6 is 23.2 Å². The maximum atomic E-state index is 12.0. The molecule has 0 saturated carbocycles. The van der Waals surface area contributed by atoms with Gasteiger partial charge in [-0.25, -0.2) is 0 Å². The first kappa shape index (κ1) is 18.1. The molecule has 7 heteroatoms. The third-order valence-electron chi connectivity index (χ3n) is 2.98. The minimum atomic E-state index is -0.495. The van der Waals surface area contributed by atoms with Crippen molar-refractivity contribution in [2.24, 2.45) is 0 Å². The molecule has 0 unspecified atom stereocenters. The van der Waals surface area contributed by atoms with Crippen molar-refractivity contribution < 1.29 is 14.3 Å². The Morgan fingerprint density at radius 2 is 1.67 bits per heavy atom. The predicted molar refractivity (Wildman–Crippen MR) is 95.9 cm³/mol. The van der Waals surface area contributed by atoms with E-state index in [9.17, 15) is 9.59 Å². The third kappa shape index (κ3) is 5.15. The maximum Gasteiger partial charge on any atom is 0.233 e. The average Bonchev–Trinajstić information content (AvgIpc) is 2.53. The number of rotatable bonds is 6. The van der Waals surface area contributed by atoms with Crippen molar-refractivity contribution in [3.8, 4) is 5.75 Å². The van der Waals surface area contributed by atoms with Crippen LogP contribution in [0.25, 0.3) is 0 Å². The highest BCUT2D eigenvalue weighted by Gasteiger charge is 2.13. The molecule has 2 aromatic carbocycles. The molecule has 0 aromatic heterocycles. The molecule has 0 spiro atoms. The summed E-state index contributed by atoms with van der Waals surface area (Å²) in [5.74, 6) is -0.407. The van der Waals surface area contributed by atoms with E-state index in [2.05, 4.69) is 10.6 Å². The second kappa shape index (κ2) is 8.57. The predicted octanol–water partition coefficient (Wildman–Crippen LogP) is 4.36. The maximum absolute atomic E-state index is 12.0. The van der Waals surface area contributed by atoms with Gasteiger partial charge in [0.25, 0.3) is 0 Å². The number of para-hydroxylation sites is 2. The van der Waals surface area contributed by atoms with Crippen LogP contribution in [0, 0.1) is 0 Å². The lowest BCUT2D eigenvalue weighted by Crippen LogP contribution is -2.21. The minimum Gasteiger partial charge on any atom is -0.492 e. The molecule has 0 radical (unpaired) electrons. The second-order valence-electron chi connectivity index (χ2n) is 4.83. The van der Waals surface area contributed by atoms with E-state index in [0.29, 0.717) is 33.8 Å². The zero-order valence-corrected chi connectivity index (χ0v) is 14.4. The van der Waals surface area contributed by atoms with Gasteiger partial charge in [0.2, 0.25) is 11.8 Å². The van der Waals surface area contributed by atoms with E-state index in [-0.39, 0.29) is 6.42 Å². The SMILES string of the molecule is CCOc1ccccc1NC(=O)CC(=O)Nc1cc(Cl)ccc1Cl. The Kier molecular flexibility index (Phi) is 6.46. The molecule has 0 fully saturated rings. The Morgan fingerprint density at radius 1 is 1.00 bits per heavy atom. The standard InChI is InChI=1S/C17H16Cl2N2O3/c1-2-24-15-6-4-3-5-13(15)20-16(22)10-17(23)21-14-9-11(18)7-8-12(14)19/h3-9H,2,10H2,1H3,(H,20,22)(H,21,23). The van der Waals surface area contributed by atoms with Crippen LogP contribution in [-0.2, 0) is 9.59 Å². The van der Waals surface area contributed by atoms with E-state index in [1.54, 1.807) is 36.4 Å². The van der Waals surface area contributed by atoms with Gasteiger partial charge in [-0.1, -0.05) is 35.3 Å². The van der Waals surface area contributed by atoms with Gasteiger partial charge >= 0.3 is 0 Å². The minimum absolute atomic E-state index is 0.342. The Morgan fingerprint density at radius 3 is 2.38 bits per heavy atom. The summed E-state index contributed by atoms with van der Waals surface area (Å²) >= 11 is 11.8. The quantitative estimate of drug-likeness (QED) is 0.746. The van der Waals surface area contributed by atoms with Gasteiger partial charge in [-0.3, -0.25) is 9.59 Å². The van der Waals surface area contributed by atoms with Gasteiger partial charge in [-0.2, -0.15) is 0 Å². The van der Waals surface area contributed by atoms with E-state index in [1.165, 1.54) is 6.07 Å². The molecule has 5 nitrogen and oxygen atoms in total. The number of carbonyl (C=O) groups is 2. The van der Waals surface area contributed by atoms with Gasteiger partial charge in [0.05, 0.1) is 23.0 Å². The third-order valence-corrected chi connectivity index (χ3v) is 3.55. The molecular formula is C17H16Cl2N2O3. The molecule has 24 heavy (non-hydrogen) atoms. The highest BCUT2D eigenvalue weighted by Crippen LogP contribution is 2.26. The average molecular weight is 367 g/mol. The number of anilines is 2. The van der Waals surface area contributed by atoms with Gasteiger partial charge in [0.1, 0.15) is 12.2 Å². The monoisotopic (exact) mass is 366 g/mol. The van der Waals surface area contributed by atoms with Crippen LogP contribution in [0.15, 0.2) is 42.5 Å². The summed E-state index contributed by atoms with van der Waals surface area (Å²) < 4.78 is 5.42. The van der Waals surface area contributed by atoms with Crippen molar-refractivity contribution in [2.75, 3.05) is 17.2 Å². The van der Waals surface area contributed by atoms with E-state index < -0.39 is 11.8 Å². The summed E-state index contributed by atoms with van der Waals surface area (Å²) in [5, 5.41) is 5.99. The lowest BCUT2D eigenvalue weighted by molar-refractivity contribution is -0.123. The van der Waals surface area contributed by atoms with Crippen LogP contribution in [0.5, 0.6) is 5.75 Å². The van der Waals surface area contributed by atoms with Crippen molar-refractivity contribution in [3.63, 3.8) is 0 Å². The molecule has 2 amide bonds. The smallest absolute Gasteiger partial charge is 0.233 e. The van der Waals surface area contributed by atoms with Gasteiger partial charge < -0.3 is 15.4 Å².